The third-order valence-corrected chi connectivity index (χ3v) is 6.13. The van der Waals surface area contributed by atoms with Gasteiger partial charge in [-0.15, -0.1) is 0 Å². The zero-order chi connectivity index (χ0) is 27.1. The molecule has 0 fully saturated rings. The molecule has 1 aromatic carbocycles. The number of hydrogen-bond acceptors (Lipinski definition) is 7. The smallest absolute Gasteiger partial charge is 0.276 e. The second-order valence-corrected chi connectivity index (χ2v) is 9.76. The third kappa shape index (κ3) is 6.99. The number of carbonyl (C=O) groups is 3. The fourth-order valence-electron chi connectivity index (χ4n) is 4.34. The van der Waals surface area contributed by atoms with Crippen LogP contribution in [0.15, 0.2) is 47.2 Å². The van der Waals surface area contributed by atoms with Crippen molar-refractivity contribution in [3.05, 3.63) is 54.2 Å². The number of nitrogens with zero attached hydrogens (tertiary/aromatic N) is 4. The molecule has 2 bridgehead atoms. The second kappa shape index (κ2) is 12.4. The first-order valence-corrected chi connectivity index (χ1v) is 12.8. The number of imidazole rings is 1. The maximum Gasteiger partial charge on any atom is 0.276 e. The number of nitrogens with one attached hydrogen (secondary N) is 2. The summed E-state index contributed by atoms with van der Waals surface area (Å²) in [7, 11) is 0. The van der Waals surface area contributed by atoms with Crippen LogP contribution in [0.1, 0.15) is 42.9 Å². The number of rotatable bonds is 3. The summed E-state index contributed by atoms with van der Waals surface area (Å²) in [5, 5.41) is 9.57. The molecule has 202 valence electrons. The van der Waals surface area contributed by atoms with Crippen molar-refractivity contribution in [3.8, 4) is 17.1 Å². The van der Waals surface area contributed by atoms with Gasteiger partial charge in [0.25, 0.3) is 5.91 Å². The minimum atomic E-state index is -0.727. The van der Waals surface area contributed by atoms with Gasteiger partial charge in [-0.2, -0.15) is 0 Å². The Kier molecular flexibility index (Phi) is 8.77. The highest BCUT2D eigenvalue weighted by Gasteiger charge is 2.26. The van der Waals surface area contributed by atoms with Crippen LogP contribution in [-0.4, -0.2) is 69.6 Å². The van der Waals surface area contributed by atoms with E-state index in [4.69, 9.17) is 9.26 Å². The van der Waals surface area contributed by atoms with E-state index in [2.05, 4.69) is 20.8 Å². The standard InChI is InChI=1S/C27H34N6O5/c1-18(2)14-22-26(35)29-9-12-32-11-8-28-25(32)20-6-4-7-21(16-20)37-13-5-10-33(17-24(34)30-22)27(36)23-15-19(3)38-31-23/h4,6-8,11,15-16,18,22H,5,9-10,12-14,17H2,1-3H3,(H,29,35)(H,30,34)/t22-/m1/s1. The van der Waals surface area contributed by atoms with E-state index in [0.29, 0.717) is 44.0 Å². The molecule has 1 aliphatic heterocycles. The van der Waals surface area contributed by atoms with E-state index >= 15 is 0 Å². The van der Waals surface area contributed by atoms with Gasteiger partial charge in [0, 0.05) is 43.7 Å². The molecule has 11 nitrogen and oxygen atoms in total. The summed E-state index contributed by atoms with van der Waals surface area (Å²) >= 11 is 0. The van der Waals surface area contributed by atoms with Crippen LogP contribution in [0.5, 0.6) is 5.75 Å². The Morgan fingerprint density at radius 2 is 2.05 bits per heavy atom. The third-order valence-electron chi connectivity index (χ3n) is 6.13. The highest BCUT2D eigenvalue weighted by molar-refractivity contribution is 5.95. The van der Waals surface area contributed by atoms with Crippen LogP contribution in [0.4, 0.5) is 0 Å². The number of fused-ring (bicyclic) bond motifs is 4. The number of amides is 3. The van der Waals surface area contributed by atoms with Gasteiger partial charge in [0.2, 0.25) is 11.8 Å². The summed E-state index contributed by atoms with van der Waals surface area (Å²) in [6.45, 7) is 6.90. The van der Waals surface area contributed by atoms with Gasteiger partial charge < -0.3 is 29.4 Å². The van der Waals surface area contributed by atoms with Gasteiger partial charge in [0.1, 0.15) is 23.4 Å². The summed E-state index contributed by atoms with van der Waals surface area (Å²) in [6.07, 6.45) is 4.52. The van der Waals surface area contributed by atoms with Crippen LogP contribution in [0.2, 0.25) is 0 Å². The van der Waals surface area contributed by atoms with E-state index in [0.717, 1.165) is 11.4 Å². The Morgan fingerprint density at radius 1 is 1.21 bits per heavy atom. The maximum absolute atomic E-state index is 13.1. The Hall–Kier alpha value is -4.15. The van der Waals surface area contributed by atoms with E-state index in [1.165, 1.54) is 11.0 Å². The van der Waals surface area contributed by atoms with E-state index in [9.17, 15) is 14.4 Å². The van der Waals surface area contributed by atoms with Crippen LogP contribution < -0.4 is 15.4 Å². The first kappa shape index (κ1) is 26.9. The highest BCUT2D eigenvalue weighted by atomic mass is 16.5. The van der Waals surface area contributed by atoms with Gasteiger partial charge >= 0.3 is 0 Å². The van der Waals surface area contributed by atoms with Crippen LogP contribution in [-0.2, 0) is 16.1 Å². The van der Waals surface area contributed by atoms with Crippen molar-refractivity contribution in [1.29, 1.82) is 0 Å². The van der Waals surface area contributed by atoms with Gasteiger partial charge in [0.15, 0.2) is 5.69 Å². The van der Waals surface area contributed by atoms with Crippen molar-refractivity contribution in [1.82, 2.24) is 30.2 Å². The SMILES string of the molecule is Cc1cc(C(=O)N2CCCOc3cccc(c3)-c3nccn3CCNC(=O)[C@@H](CC(C)C)NC(=O)C2)no1. The molecule has 2 N–H and O–H groups in total. The monoisotopic (exact) mass is 522 g/mol. The fraction of sp³-hybridized carbons (Fsp3) is 0.444. The van der Waals surface area contributed by atoms with Crippen molar-refractivity contribution in [2.75, 3.05) is 26.2 Å². The van der Waals surface area contributed by atoms with Crippen molar-refractivity contribution in [2.45, 2.75) is 46.2 Å². The molecule has 3 amide bonds. The summed E-state index contributed by atoms with van der Waals surface area (Å²) < 4.78 is 13.0. The molecule has 2 aromatic heterocycles. The molecule has 4 rings (SSSR count). The van der Waals surface area contributed by atoms with Crippen LogP contribution in [0.25, 0.3) is 11.4 Å². The molecule has 3 aromatic rings. The summed E-state index contributed by atoms with van der Waals surface area (Å²) in [5.41, 5.74) is 1.01. The average Bonchev–Trinajstić information content (AvgIpc) is 3.53. The first-order valence-electron chi connectivity index (χ1n) is 12.8. The Morgan fingerprint density at radius 3 is 2.82 bits per heavy atom. The summed E-state index contributed by atoms with van der Waals surface area (Å²) in [5.74, 6) is 0.982. The molecule has 3 heterocycles. The summed E-state index contributed by atoms with van der Waals surface area (Å²) in [6, 6.07) is 8.43. The Balaban J connectivity index is 1.58. The number of benzene rings is 1. The largest absolute Gasteiger partial charge is 0.494 e. The molecule has 38 heavy (non-hydrogen) atoms. The quantitative estimate of drug-likeness (QED) is 0.540. The molecule has 1 atom stereocenters. The minimum absolute atomic E-state index is 0.123. The first-order chi connectivity index (χ1) is 18.3. The molecule has 0 aliphatic carbocycles. The van der Waals surface area contributed by atoms with Crippen LogP contribution in [0.3, 0.4) is 0 Å². The number of aryl methyl sites for hydroxylation is 1. The van der Waals surface area contributed by atoms with E-state index in [1.807, 2.05) is 48.9 Å². The molecule has 0 saturated heterocycles. The maximum atomic E-state index is 13.1. The second-order valence-electron chi connectivity index (χ2n) is 9.76. The average molecular weight is 523 g/mol. The van der Waals surface area contributed by atoms with E-state index in [-0.39, 0.29) is 30.6 Å². The van der Waals surface area contributed by atoms with Gasteiger partial charge in [-0.3, -0.25) is 14.4 Å². The molecular weight excluding hydrogens is 488 g/mol. The predicted molar refractivity (Wildman–Crippen MR) is 139 cm³/mol. The minimum Gasteiger partial charge on any atom is -0.494 e. The van der Waals surface area contributed by atoms with Gasteiger partial charge in [-0.25, -0.2) is 4.98 Å². The zero-order valence-electron chi connectivity index (χ0n) is 22.0. The Bertz CT molecular complexity index is 1270. The Labute approximate surface area is 221 Å². The van der Waals surface area contributed by atoms with Crippen molar-refractivity contribution < 1.29 is 23.6 Å². The van der Waals surface area contributed by atoms with Gasteiger partial charge in [0.05, 0.1) is 13.2 Å². The zero-order valence-corrected chi connectivity index (χ0v) is 22.0. The lowest BCUT2D eigenvalue weighted by Gasteiger charge is -2.24. The molecule has 1 aliphatic rings. The molecule has 0 spiro atoms. The molecule has 11 heteroatoms. The predicted octanol–water partition coefficient (Wildman–Crippen LogP) is 2.42. The lowest BCUT2D eigenvalue weighted by atomic mass is 10.0. The van der Waals surface area contributed by atoms with Gasteiger partial charge in [-0.05, 0) is 37.8 Å². The normalized spacial score (nSPS) is 17.6. The van der Waals surface area contributed by atoms with Crippen LogP contribution >= 0.6 is 0 Å². The van der Waals surface area contributed by atoms with E-state index < -0.39 is 17.9 Å². The fourth-order valence-corrected chi connectivity index (χ4v) is 4.34. The number of ether oxygens (including phenoxy) is 1. The topological polar surface area (TPSA) is 132 Å². The lowest BCUT2D eigenvalue weighted by Crippen LogP contribution is -2.51. The van der Waals surface area contributed by atoms with Crippen molar-refractivity contribution >= 4 is 17.7 Å². The van der Waals surface area contributed by atoms with E-state index in [1.54, 1.807) is 13.1 Å². The van der Waals surface area contributed by atoms with Crippen molar-refractivity contribution in [2.24, 2.45) is 5.92 Å². The lowest BCUT2D eigenvalue weighted by molar-refractivity contribution is -0.129. The summed E-state index contributed by atoms with van der Waals surface area (Å²) in [4.78, 5) is 45.1. The number of carbonyl (C=O) groups excluding carboxylic acids is 3. The molecule has 0 radical (unpaired) electrons. The van der Waals surface area contributed by atoms with Gasteiger partial charge in [-0.1, -0.05) is 31.1 Å². The molecule has 0 saturated carbocycles. The van der Waals surface area contributed by atoms with Crippen LogP contribution in [0, 0.1) is 12.8 Å². The van der Waals surface area contributed by atoms with Crippen molar-refractivity contribution in [3.63, 3.8) is 0 Å². The molecule has 0 unspecified atom stereocenters. The number of aromatic nitrogens is 3. The number of hydrogen-bond donors (Lipinski definition) is 2. The highest BCUT2D eigenvalue weighted by Crippen LogP contribution is 2.23. The molecular formula is C27H34N6O5.